The fourth-order valence-electron chi connectivity index (χ4n) is 5.02. The van der Waals surface area contributed by atoms with Crippen LogP contribution >= 0.6 is 15.9 Å². The number of aliphatic carboxylic acids is 1. The first kappa shape index (κ1) is 20.7. The van der Waals surface area contributed by atoms with Crippen molar-refractivity contribution < 1.29 is 24.6 Å². The first-order chi connectivity index (χ1) is 15.2. The highest BCUT2D eigenvalue weighted by atomic mass is 79.9. The van der Waals surface area contributed by atoms with E-state index in [9.17, 15) is 24.6 Å². The van der Waals surface area contributed by atoms with E-state index in [4.69, 9.17) is 0 Å². The Hall–Kier alpha value is -3.23. The molecule has 2 saturated heterocycles. The van der Waals surface area contributed by atoms with Crippen molar-refractivity contribution in [3.63, 3.8) is 0 Å². The summed E-state index contributed by atoms with van der Waals surface area (Å²) in [6.07, 6.45) is 0. The predicted molar refractivity (Wildman–Crippen MR) is 121 cm³/mol. The summed E-state index contributed by atoms with van der Waals surface area (Å²) >= 11 is 3.36. The van der Waals surface area contributed by atoms with Gasteiger partial charge in [0.2, 0.25) is 11.8 Å². The van der Waals surface area contributed by atoms with Gasteiger partial charge in [0, 0.05) is 21.5 Å². The lowest BCUT2D eigenvalue weighted by Crippen LogP contribution is -2.53. The molecule has 2 amide bonds. The van der Waals surface area contributed by atoms with Gasteiger partial charge in [-0.3, -0.25) is 19.7 Å². The van der Waals surface area contributed by atoms with Gasteiger partial charge in [-0.2, -0.15) is 0 Å². The van der Waals surface area contributed by atoms with Gasteiger partial charge in [-0.15, -0.1) is 0 Å². The monoisotopic (exact) mass is 494 g/mol. The third kappa shape index (κ3) is 2.79. The van der Waals surface area contributed by atoms with Crippen molar-refractivity contribution in [2.24, 2.45) is 11.8 Å². The number of phenolic OH excluding ortho intramolecular Hbond substituents is 1. The topological polar surface area (TPSA) is 107 Å². The van der Waals surface area contributed by atoms with Gasteiger partial charge in [0.15, 0.2) is 0 Å². The van der Waals surface area contributed by atoms with Crippen molar-refractivity contribution in [2.45, 2.75) is 18.5 Å². The minimum atomic E-state index is -1.68. The molecule has 2 heterocycles. The van der Waals surface area contributed by atoms with E-state index >= 15 is 0 Å². The summed E-state index contributed by atoms with van der Waals surface area (Å²) in [7, 11) is 0. The summed E-state index contributed by atoms with van der Waals surface area (Å²) in [6, 6.07) is 16.6. The molecule has 0 radical (unpaired) electrons. The van der Waals surface area contributed by atoms with Crippen LogP contribution in [0, 0.1) is 11.8 Å². The zero-order valence-electron chi connectivity index (χ0n) is 16.9. The second kappa shape index (κ2) is 7.15. The average molecular weight is 495 g/mol. The number of hydrogen-bond acceptors (Lipinski definition) is 5. The molecule has 4 unspecified atom stereocenters. The summed E-state index contributed by atoms with van der Waals surface area (Å²) in [5.74, 6) is -4.48. The molecule has 162 valence electrons. The molecular weight excluding hydrogens is 476 g/mol. The first-order valence-electron chi connectivity index (χ1n) is 10.1. The van der Waals surface area contributed by atoms with Crippen LogP contribution in [0.1, 0.15) is 18.5 Å². The number of carboxylic acids is 1. The predicted octanol–water partition coefficient (Wildman–Crippen LogP) is 3.60. The Morgan fingerprint density at radius 2 is 1.78 bits per heavy atom. The number of anilines is 1. The van der Waals surface area contributed by atoms with Crippen molar-refractivity contribution in [1.82, 2.24) is 5.32 Å². The van der Waals surface area contributed by atoms with E-state index in [-0.39, 0.29) is 5.75 Å². The van der Waals surface area contributed by atoms with Gasteiger partial charge in [-0.05, 0) is 36.6 Å². The van der Waals surface area contributed by atoms with E-state index in [2.05, 4.69) is 21.2 Å². The number of fused-ring (bicyclic) bond motifs is 2. The largest absolute Gasteiger partial charge is 0.508 e. The van der Waals surface area contributed by atoms with Crippen LogP contribution in [-0.2, 0) is 14.4 Å². The van der Waals surface area contributed by atoms with Gasteiger partial charge < -0.3 is 10.2 Å². The molecule has 0 bridgehead atoms. The normalized spacial score (nSPS) is 27.2. The number of imide groups is 1. The van der Waals surface area contributed by atoms with Crippen LogP contribution in [-0.4, -0.2) is 33.5 Å². The van der Waals surface area contributed by atoms with Crippen molar-refractivity contribution in [2.75, 3.05) is 4.90 Å². The number of carbonyl (C=O) groups is 3. The highest BCUT2D eigenvalue weighted by Crippen LogP contribution is 2.51. The van der Waals surface area contributed by atoms with E-state index in [1.54, 1.807) is 24.3 Å². The average Bonchev–Trinajstić information content (AvgIpc) is 3.23. The smallest absolute Gasteiger partial charge is 0.324 e. The minimum absolute atomic E-state index is 0.0806. The Bertz CT molecular complexity index is 1300. The molecule has 0 aliphatic carbocycles. The highest BCUT2D eigenvalue weighted by molar-refractivity contribution is 9.10. The molecule has 5 rings (SSSR count). The molecule has 0 spiro atoms. The number of amides is 2. The van der Waals surface area contributed by atoms with Crippen LogP contribution in [0.3, 0.4) is 0 Å². The molecule has 2 aliphatic heterocycles. The summed E-state index contributed by atoms with van der Waals surface area (Å²) in [4.78, 5) is 40.7. The van der Waals surface area contributed by atoms with Crippen molar-refractivity contribution >= 4 is 50.2 Å². The Kier molecular flexibility index (Phi) is 4.61. The molecule has 8 heteroatoms. The van der Waals surface area contributed by atoms with Crippen LogP contribution in [0.5, 0.6) is 5.75 Å². The second-order valence-electron chi connectivity index (χ2n) is 8.35. The molecule has 0 saturated carbocycles. The Labute approximate surface area is 191 Å². The van der Waals surface area contributed by atoms with Crippen LogP contribution in [0.15, 0.2) is 65.1 Å². The molecule has 4 atom stereocenters. The zero-order valence-corrected chi connectivity index (χ0v) is 18.5. The van der Waals surface area contributed by atoms with E-state index < -0.39 is 41.2 Å². The van der Waals surface area contributed by atoms with Crippen LogP contribution in [0.2, 0.25) is 0 Å². The van der Waals surface area contributed by atoms with Gasteiger partial charge in [-0.25, -0.2) is 4.90 Å². The summed E-state index contributed by atoms with van der Waals surface area (Å²) in [5.41, 5.74) is -0.895. The number of phenols is 1. The number of carbonyl (C=O) groups excluding carboxylic acids is 2. The number of aromatic hydroxyl groups is 1. The lowest BCUT2D eigenvalue weighted by molar-refractivity contribution is -0.147. The minimum Gasteiger partial charge on any atom is -0.508 e. The summed E-state index contributed by atoms with van der Waals surface area (Å²) in [6.45, 7) is 1.42. The van der Waals surface area contributed by atoms with Crippen molar-refractivity contribution in [3.8, 4) is 5.75 Å². The summed E-state index contributed by atoms with van der Waals surface area (Å²) < 4.78 is 0.662. The van der Waals surface area contributed by atoms with E-state index in [0.29, 0.717) is 15.7 Å². The Morgan fingerprint density at radius 1 is 1.06 bits per heavy atom. The van der Waals surface area contributed by atoms with E-state index in [0.717, 1.165) is 15.7 Å². The van der Waals surface area contributed by atoms with Gasteiger partial charge in [0.1, 0.15) is 11.3 Å². The third-order valence-electron chi connectivity index (χ3n) is 6.56. The van der Waals surface area contributed by atoms with E-state index in [1.165, 1.54) is 13.0 Å². The Morgan fingerprint density at radius 3 is 2.53 bits per heavy atom. The molecule has 3 aromatic rings. The first-order valence-corrected chi connectivity index (χ1v) is 10.9. The van der Waals surface area contributed by atoms with Crippen molar-refractivity contribution in [1.29, 1.82) is 0 Å². The standard InChI is InChI=1S/C24H19BrN2O5/c1-24(23(31)32)19-18(20(26-24)15-11-13(25)9-10-17(15)28)21(29)27(22(19)30)16-8-4-6-12-5-2-3-7-14(12)16/h2-11,18-20,26,28H,1H3,(H,31,32). The number of halogens is 1. The van der Waals surface area contributed by atoms with Crippen LogP contribution in [0.25, 0.3) is 10.8 Å². The second-order valence-corrected chi connectivity index (χ2v) is 9.26. The zero-order chi connectivity index (χ0) is 22.8. The van der Waals surface area contributed by atoms with Gasteiger partial charge in [0.05, 0.1) is 17.5 Å². The molecule has 2 fully saturated rings. The number of benzene rings is 3. The molecule has 0 aromatic heterocycles. The number of carboxylic acid groups (broad SMARTS) is 1. The highest BCUT2D eigenvalue weighted by Gasteiger charge is 2.67. The quantitative estimate of drug-likeness (QED) is 0.480. The maximum Gasteiger partial charge on any atom is 0.324 e. The lowest BCUT2D eigenvalue weighted by Gasteiger charge is -2.28. The van der Waals surface area contributed by atoms with Crippen LogP contribution < -0.4 is 10.2 Å². The van der Waals surface area contributed by atoms with Gasteiger partial charge >= 0.3 is 5.97 Å². The number of nitrogens with zero attached hydrogens (tertiary/aromatic N) is 1. The molecule has 3 N–H and O–H groups in total. The molecule has 32 heavy (non-hydrogen) atoms. The molecule has 2 aliphatic rings. The maximum atomic E-state index is 13.7. The number of nitrogens with one attached hydrogen (secondary N) is 1. The fraction of sp³-hybridized carbons (Fsp3) is 0.208. The lowest BCUT2D eigenvalue weighted by atomic mass is 9.80. The third-order valence-corrected chi connectivity index (χ3v) is 7.06. The molecular formula is C24H19BrN2O5. The van der Waals surface area contributed by atoms with E-state index in [1.807, 2.05) is 30.3 Å². The maximum absolute atomic E-state index is 13.7. The number of hydrogen-bond donors (Lipinski definition) is 3. The molecule has 7 nitrogen and oxygen atoms in total. The van der Waals surface area contributed by atoms with Gasteiger partial charge in [-0.1, -0.05) is 52.3 Å². The number of rotatable bonds is 3. The van der Waals surface area contributed by atoms with Crippen LogP contribution in [0.4, 0.5) is 5.69 Å². The van der Waals surface area contributed by atoms with Crippen molar-refractivity contribution in [3.05, 3.63) is 70.7 Å². The van der Waals surface area contributed by atoms with Gasteiger partial charge in [0.25, 0.3) is 0 Å². The fourth-order valence-corrected chi connectivity index (χ4v) is 5.40. The summed E-state index contributed by atoms with van der Waals surface area (Å²) in [5, 5.41) is 25.1. The molecule has 3 aromatic carbocycles. The Balaban J connectivity index is 1.69. The SMILES string of the molecule is CC1(C(=O)O)NC(c2cc(Br)ccc2O)C2C(=O)N(c3cccc4ccccc34)C(=O)C21.